The Morgan fingerprint density at radius 1 is 1.17 bits per heavy atom. The van der Waals surface area contributed by atoms with E-state index in [0.29, 0.717) is 12.0 Å². The standard InChI is InChI=1S/C20H26N2O2/c21-20(23)13-19-15-8-5-6-14(15)12-18(24-19)16-7-1-2-9-17(16)22-10-3-4-11-22/h5-6,8,12,16-17H,1-4,7,9-11,13H2,(H2,21,23). The number of primary amides is 1. The first-order chi connectivity index (χ1) is 11.7. The van der Waals surface area contributed by atoms with E-state index in [2.05, 4.69) is 17.0 Å². The van der Waals surface area contributed by atoms with Crippen LogP contribution in [0.3, 0.4) is 0 Å². The summed E-state index contributed by atoms with van der Waals surface area (Å²) in [5.74, 6) is 1.87. The lowest BCUT2D eigenvalue weighted by molar-refractivity contribution is -0.117. The van der Waals surface area contributed by atoms with Gasteiger partial charge in [-0.2, -0.15) is 0 Å². The van der Waals surface area contributed by atoms with Crippen LogP contribution in [0.1, 0.15) is 56.0 Å². The van der Waals surface area contributed by atoms with Gasteiger partial charge in [-0.15, -0.1) is 0 Å². The average Bonchev–Trinajstić information content (AvgIpc) is 3.26. The predicted octanol–water partition coefficient (Wildman–Crippen LogP) is 3.53. The molecule has 1 amide bonds. The monoisotopic (exact) mass is 326 g/mol. The lowest BCUT2D eigenvalue weighted by atomic mass is 9.81. The Balaban J connectivity index is 1.70. The number of amides is 1. The van der Waals surface area contributed by atoms with Crippen molar-refractivity contribution in [3.05, 3.63) is 35.8 Å². The van der Waals surface area contributed by atoms with Crippen molar-refractivity contribution in [2.45, 2.75) is 56.9 Å². The maximum Gasteiger partial charge on any atom is 0.225 e. The highest BCUT2D eigenvalue weighted by molar-refractivity contribution is 5.80. The fourth-order valence-electron chi connectivity index (χ4n) is 4.62. The van der Waals surface area contributed by atoms with Gasteiger partial charge < -0.3 is 10.2 Å². The van der Waals surface area contributed by atoms with Gasteiger partial charge in [0.05, 0.1) is 6.42 Å². The van der Waals surface area contributed by atoms with Crippen LogP contribution in [0.5, 0.6) is 0 Å². The number of carbonyl (C=O) groups excluding carboxylic acids is 1. The van der Waals surface area contributed by atoms with E-state index in [1.54, 1.807) is 0 Å². The van der Waals surface area contributed by atoms with Crippen LogP contribution in [-0.4, -0.2) is 29.9 Å². The Labute approximate surface area is 143 Å². The lowest BCUT2D eigenvalue weighted by Gasteiger charge is -2.37. The van der Waals surface area contributed by atoms with E-state index in [-0.39, 0.29) is 12.3 Å². The first-order valence-corrected chi connectivity index (χ1v) is 9.26. The molecule has 4 nitrogen and oxygen atoms in total. The molecular weight excluding hydrogens is 300 g/mol. The van der Waals surface area contributed by atoms with Crippen LogP contribution < -0.4 is 5.73 Å². The number of hydrogen-bond acceptors (Lipinski definition) is 3. The van der Waals surface area contributed by atoms with E-state index in [1.165, 1.54) is 57.2 Å². The topological polar surface area (TPSA) is 59.5 Å². The second-order valence-electron chi connectivity index (χ2n) is 7.31. The van der Waals surface area contributed by atoms with Crippen LogP contribution in [0, 0.1) is 0 Å². The molecule has 24 heavy (non-hydrogen) atoms. The highest BCUT2D eigenvalue weighted by Gasteiger charge is 2.34. The average molecular weight is 326 g/mol. The molecule has 2 fully saturated rings. The summed E-state index contributed by atoms with van der Waals surface area (Å²) in [7, 11) is 0. The summed E-state index contributed by atoms with van der Waals surface area (Å²) in [6, 6.07) is 8.91. The van der Waals surface area contributed by atoms with E-state index in [0.717, 1.165) is 17.1 Å². The van der Waals surface area contributed by atoms with Gasteiger partial charge in [-0.1, -0.05) is 31.0 Å². The van der Waals surface area contributed by atoms with Gasteiger partial charge in [0.25, 0.3) is 0 Å². The first-order valence-electron chi connectivity index (χ1n) is 9.26. The molecule has 2 atom stereocenters. The number of likely N-dealkylation sites (tertiary alicyclic amines) is 1. The maximum absolute atomic E-state index is 11.4. The highest BCUT2D eigenvalue weighted by atomic mass is 16.3. The van der Waals surface area contributed by atoms with Crippen LogP contribution in [0.15, 0.2) is 28.7 Å². The van der Waals surface area contributed by atoms with Crippen molar-refractivity contribution in [3.63, 3.8) is 0 Å². The maximum atomic E-state index is 11.4. The van der Waals surface area contributed by atoms with Crippen molar-refractivity contribution in [2.24, 2.45) is 5.73 Å². The Bertz CT molecular complexity index is 687. The summed E-state index contributed by atoms with van der Waals surface area (Å²) in [6.45, 7) is 2.43. The molecular formula is C20H26N2O2. The van der Waals surface area contributed by atoms with Crippen molar-refractivity contribution in [2.75, 3.05) is 13.1 Å². The normalized spacial score (nSPS) is 25.3. The van der Waals surface area contributed by atoms with Gasteiger partial charge in [0.15, 0.2) is 0 Å². The van der Waals surface area contributed by atoms with E-state index in [4.69, 9.17) is 10.2 Å². The molecule has 0 aromatic rings. The number of nitrogens with two attached hydrogens (primary N) is 1. The summed E-state index contributed by atoms with van der Waals surface area (Å²) in [6.07, 6.45) is 7.80. The molecule has 0 bridgehead atoms. The molecule has 1 saturated heterocycles. The third-order valence-corrected chi connectivity index (χ3v) is 5.73. The molecule has 2 N–H and O–H groups in total. The molecule has 0 spiro atoms. The largest absolute Gasteiger partial charge is 0.465 e. The minimum absolute atomic E-state index is 0.176. The predicted molar refractivity (Wildman–Crippen MR) is 94.0 cm³/mol. The lowest BCUT2D eigenvalue weighted by Crippen LogP contribution is -2.39. The molecule has 1 saturated carbocycles. The zero-order valence-electron chi connectivity index (χ0n) is 14.2. The van der Waals surface area contributed by atoms with Gasteiger partial charge in [0.1, 0.15) is 11.5 Å². The SMILES string of the molecule is NC(=O)Cc1oc(C2CCCCC2N2CCCC2)cc2cccc1-2. The molecule has 0 aromatic carbocycles. The van der Waals surface area contributed by atoms with Crippen LogP contribution in [0.2, 0.25) is 0 Å². The summed E-state index contributed by atoms with van der Waals surface area (Å²) in [5, 5.41) is 0. The molecule has 4 heteroatoms. The number of hydrogen-bond donors (Lipinski definition) is 1. The number of rotatable bonds is 4. The van der Waals surface area contributed by atoms with Crippen LogP contribution >= 0.6 is 0 Å². The smallest absolute Gasteiger partial charge is 0.225 e. The second-order valence-corrected chi connectivity index (χ2v) is 7.31. The van der Waals surface area contributed by atoms with E-state index < -0.39 is 0 Å². The van der Waals surface area contributed by atoms with Gasteiger partial charge in [-0.05, 0) is 50.4 Å². The zero-order valence-corrected chi connectivity index (χ0v) is 14.2. The van der Waals surface area contributed by atoms with Gasteiger partial charge in [-0.3, -0.25) is 9.69 Å². The minimum atomic E-state index is -0.335. The molecule has 0 aromatic heterocycles. The Morgan fingerprint density at radius 2 is 1.96 bits per heavy atom. The second kappa shape index (κ2) is 6.60. The van der Waals surface area contributed by atoms with E-state index >= 15 is 0 Å². The fourth-order valence-corrected chi connectivity index (χ4v) is 4.62. The molecule has 128 valence electrons. The van der Waals surface area contributed by atoms with Gasteiger partial charge in [-0.25, -0.2) is 0 Å². The summed E-state index contributed by atoms with van der Waals surface area (Å²) in [5.41, 5.74) is 7.62. The van der Waals surface area contributed by atoms with Crippen LogP contribution in [-0.2, 0) is 11.2 Å². The number of nitrogens with zero attached hydrogens (tertiary/aromatic N) is 1. The molecule has 0 radical (unpaired) electrons. The third kappa shape index (κ3) is 2.95. The molecule has 2 heterocycles. The van der Waals surface area contributed by atoms with Crippen molar-refractivity contribution >= 4 is 5.91 Å². The molecule has 4 aliphatic rings. The zero-order chi connectivity index (χ0) is 16.5. The van der Waals surface area contributed by atoms with E-state index in [9.17, 15) is 4.79 Å². The van der Waals surface area contributed by atoms with E-state index in [1.807, 2.05) is 12.1 Å². The van der Waals surface area contributed by atoms with Crippen LogP contribution in [0.4, 0.5) is 0 Å². The Kier molecular flexibility index (Phi) is 4.31. The van der Waals surface area contributed by atoms with Crippen molar-refractivity contribution < 1.29 is 9.21 Å². The third-order valence-electron chi connectivity index (χ3n) is 5.73. The van der Waals surface area contributed by atoms with Crippen molar-refractivity contribution in [1.82, 2.24) is 4.90 Å². The van der Waals surface area contributed by atoms with Gasteiger partial charge in [0.2, 0.25) is 5.91 Å². The van der Waals surface area contributed by atoms with Crippen LogP contribution in [0.25, 0.3) is 11.1 Å². The number of carbonyl (C=O) groups is 1. The van der Waals surface area contributed by atoms with Crippen molar-refractivity contribution in [1.29, 1.82) is 0 Å². The Hall–Kier alpha value is -1.81. The number of fused-ring (bicyclic) bond motifs is 1. The molecule has 4 rings (SSSR count). The summed E-state index contributed by atoms with van der Waals surface area (Å²) >= 11 is 0. The summed E-state index contributed by atoms with van der Waals surface area (Å²) in [4.78, 5) is 14.1. The minimum Gasteiger partial charge on any atom is -0.465 e. The quantitative estimate of drug-likeness (QED) is 0.935. The Morgan fingerprint density at radius 3 is 2.75 bits per heavy atom. The van der Waals surface area contributed by atoms with Gasteiger partial charge >= 0.3 is 0 Å². The van der Waals surface area contributed by atoms with Gasteiger partial charge in [0, 0.05) is 17.5 Å². The molecule has 2 unspecified atom stereocenters. The summed E-state index contributed by atoms with van der Waals surface area (Å²) < 4.78 is 6.26. The highest BCUT2D eigenvalue weighted by Crippen LogP contribution is 2.40. The van der Waals surface area contributed by atoms with Crippen molar-refractivity contribution in [3.8, 4) is 11.1 Å². The first kappa shape index (κ1) is 15.7. The molecule has 2 aliphatic carbocycles. The molecule has 2 aliphatic heterocycles. The fraction of sp³-hybridized carbons (Fsp3) is 0.550.